The Hall–Kier alpha value is -2.01. The van der Waals surface area contributed by atoms with Crippen LogP contribution in [0.2, 0.25) is 5.02 Å². The minimum absolute atomic E-state index is 0.0124. The van der Waals surface area contributed by atoms with Crippen LogP contribution in [0.15, 0.2) is 53.5 Å². The molecule has 0 heterocycles. The number of alkyl halides is 3. The Bertz CT molecular complexity index is 634. The molecule has 2 nitrogen and oxygen atoms in total. The number of benzene rings is 2. The summed E-state index contributed by atoms with van der Waals surface area (Å²) in [5.74, 6) is 0.0124. The average molecular weight is 299 g/mol. The summed E-state index contributed by atoms with van der Waals surface area (Å²) in [6.07, 6.45) is -4.41. The number of nitrogens with two attached hydrogens (primary N) is 1. The van der Waals surface area contributed by atoms with Crippen LogP contribution in [-0.2, 0) is 6.18 Å². The fourth-order valence-corrected chi connectivity index (χ4v) is 1.70. The van der Waals surface area contributed by atoms with Gasteiger partial charge in [-0.05, 0) is 36.4 Å². The molecule has 6 heteroatoms. The molecule has 0 spiro atoms. The van der Waals surface area contributed by atoms with Crippen molar-refractivity contribution in [3.63, 3.8) is 0 Å². The Balaban J connectivity index is 2.33. The summed E-state index contributed by atoms with van der Waals surface area (Å²) in [7, 11) is 0. The summed E-state index contributed by atoms with van der Waals surface area (Å²) >= 11 is 5.73. The van der Waals surface area contributed by atoms with Gasteiger partial charge < -0.3 is 5.73 Å². The van der Waals surface area contributed by atoms with Crippen molar-refractivity contribution >= 4 is 23.1 Å². The highest BCUT2D eigenvalue weighted by Crippen LogP contribution is 2.29. The van der Waals surface area contributed by atoms with E-state index in [4.69, 9.17) is 17.3 Å². The normalized spacial score (nSPS) is 12.5. The van der Waals surface area contributed by atoms with Gasteiger partial charge in [0.05, 0.1) is 11.3 Å². The molecule has 20 heavy (non-hydrogen) atoms. The Morgan fingerprint density at radius 3 is 2.30 bits per heavy atom. The van der Waals surface area contributed by atoms with Crippen molar-refractivity contribution in [3.05, 3.63) is 64.7 Å². The highest BCUT2D eigenvalue weighted by atomic mass is 35.5. The Morgan fingerprint density at radius 1 is 1.05 bits per heavy atom. The summed E-state index contributed by atoms with van der Waals surface area (Å²) in [6.45, 7) is 0. The highest BCUT2D eigenvalue weighted by molar-refractivity contribution is 6.30. The van der Waals surface area contributed by atoms with Gasteiger partial charge in [-0.25, -0.2) is 4.99 Å². The number of hydrogen-bond donors (Lipinski definition) is 1. The van der Waals surface area contributed by atoms with Gasteiger partial charge in [0.25, 0.3) is 0 Å². The fourth-order valence-electron chi connectivity index (χ4n) is 1.57. The molecule has 0 radical (unpaired) electrons. The van der Waals surface area contributed by atoms with Gasteiger partial charge in [-0.1, -0.05) is 23.7 Å². The lowest BCUT2D eigenvalue weighted by atomic mass is 10.1. The molecule has 0 atom stereocenters. The zero-order valence-electron chi connectivity index (χ0n) is 10.2. The molecule has 2 aromatic rings. The van der Waals surface area contributed by atoms with Crippen molar-refractivity contribution in [3.8, 4) is 0 Å². The van der Waals surface area contributed by atoms with Crippen LogP contribution in [-0.4, -0.2) is 5.84 Å². The van der Waals surface area contributed by atoms with Crippen LogP contribution < -0.4 is 5.73 Å². The van der Waals surface area contributed by atoms with Gasteiger partial charge in [-0.2, -0.15) is 13.2 Å². The number of nitrogens with zero attached hydrogens (tertiary/aromatic N) is 1. The SMILES string of the molecule is NC(=Nc1ccc(Cl)cc1)c1cccc(C(F)(F)F)c1. The van der Waals surface area contributed by atoms with E-state index in [1.165, 1.54) is 12.1 Å². The van der Waals surface area contributed by atoms with Gasteiger partial charge in [-0.3, -0.25) is 0 Å². The first-order chi connectivity index (χ1) is 9.36. The zero-order valence-corrected chi connectivity index (χ0v) is 10.9. The number of hydrogen-bond acceptors (Lipinski definition) is 1. The van der Waals surface area contributed by atoms with Gasteiger partial charge in [0.1, 0.15) is 5.84 Å². The summed E-state index contributed by atoms with van der Waals surface area (Å²) in [5.41, 5.74) is 5.70. The summed E-state index contributed by atoms with van der Waals surface area (Å²) in [4.78, 5) is 4.06. The first kappa shape index (κ1) is 14.4. The lowest BCUT2D eigenvalue weighted by molar-refractivity contribution is -0.137. The molecule has 0 aliphatic heterocycles. The molecule has 0 aliphatic rings. The molecule has 0 aliphatic carbocycles. The quantitative estimate of drug-likeness (QED) is 0.648. The Kier molecular flexibility index (Phi) is 3.99. The predicted molar refractivity (Wildman–Crippen MR) is 73.3 cm³/mol. The lowest BCUT2D eigenvalue weighted by Crippen LogP contribution is -2.14. The first-order valence-electron chi connectivity index (χ1n) is 5.63. The number of rotatable bonds is 2. The molecule has 0 fully saturated rings. The van der Waals surface area contributed by atoms with Crippen LogP contribution in [0.3, 0.4) is 0 Å². The van der Waals surface area contributed by atoms with E-state index in [0.717, 1.165) is 12.1 Å². The maximum atomic E-state index is 12.6. The van der Waals surface area contributed by atoms with E-state index >= 15 is 0 Å². The van der Waals surface area contributed by atoms with Gasteiger partial charge >= 0.3 is 6.18 Å². The molecule has 0 aromatic heterocycles. The third-order valence-corrected chi connectivity index (χ3v) is 2.81. The molecule has 0 saturated heterocycles. The van der Waals surface area contributed by atoms with E-state index in [1.807, 2.05) is 0 Å². The van der Waals surface area contributed by atoms with Crippen molar-refractivity contribution in [2.75, 3.05) is 0 Å². The van der Waals surface area contributed by atoms with Gasteiger partial charge in [-0.15, -0.1) is 0 Å². The molecule has 0 amide bonds. The van der Waals surface area contributed by atoms with Crippen LogP contribution in [0, 0.1) is 0 Å². The third-order valence-electron chi connectivity index (χ3n) is 2.56. The number of aliphatic imine (C=N–C) groups is 1. The van der Waals surface area contributed by atoms with Crippen molar-refractivity contribution in [1.29, 1.82) is 0 Å². The van der Waals surface area contributed by atoms with Crippen molar-refractivity contribution < 1.29 is 13.2 Å². The van der Waals surface area contributed by atoms with Crippen LogP contribution in [0.1, 0.15) is 11.1 Å². The largest absolute Gasteiger partial charge is 0.416 e. The average Bonchev–Trinajstić information content (AvgIpc) is 2.40. The van der Waals surface area contributed by atoms with Crippen LogP contribution >= 0.6 is 11.6 Å². The molecule has 0 unspecified atom stereocenters. The second-order valence-corrected chi connectivity index (χ2v) is 4.49. The van der Waals surface area contributed by atoms with E-state index in [1.54, 1.807) is 24.3 Å². The lowest BCUT2D eigenvalue weighted by Gasteiger charge is -2.08. The molecule has 0 saturated carbocycles. The molecule has 0 bridgehead atoms. The van der Waals surface area contributed by atoms with Gasteiger partial charge in [0.2, 0.25) is 0 Å². The molecule has 2 rings (SSSR count). The minimum atomic E-state index is -4.41. The summed E-state index contributed by atoms with van der Waals surface area (Å²) < 4.78 is 37.8. The first-order valence-corrected chi connectivity index (χ1v) is 6.01. The number of halogens is 4. The van der Waals surface area contributed by atoms with Crippen molar-refractivity contribution in [2.45, 2.75) is 6.18 Å². The highest BCUT2D eigenvalue weighted by Gasteiger charge is 2.30. The third kappa shape index (κ3) is 3.51. The predicted octanol–water partition coefficient (Wildman–Crippen LogP) is 4.40. The van der Waals surface area contributed by atoms with E-state index < -0.39 is 11.7 Å². The van der Waals surface area contributed by atoms with Crippen LogP contribution in [0.5, 0.6) is 0 Å². The Morgan fingerprint density at radius 2 is 1.70 bits per heavy atom. The summed E-state index contributed by atoms with van der Waals surface area (Å²) in [5, 5.41) is 0.543. The molecule has 2 aromatic carbocycles. The number of amidine groups is 1. The topological polar surface area (TPSA) is 38.4 Å². The maximum Gasteiger partial charge on any atom is 0.416 e. The molecular formula is C14H10ClF3N2. The second kappa shape index (κ2) is 5.54. The molecule has 104 valence electrons. The van der Waals surface area contributed by atoms with E-state index in [-0.39, 0.29) is 11.4 Å². The zero-order chi connectivity index (χ0) is 14.8. The van der Waals surface area contributed by atoms with Crippen LogP contribution in [0.4, 0.5) is 18.9 Å². The standard InChI is InChI=1S/C14H10ClF3N2/c15-11-4-6-12(7-5-11)20-13(19)9-2-1-3-10(8-9)14(16,17)18/h1-8H,(H2,19,20). The van der Waals surface area contributed by atoms with E-state index in [2.05, 4.69) is 4.99 Å². The Labute approximate surface area is 118 Å². The monoisotopic (exact) mass is 298 g/mol. The van der Waals surface area contributed by atoms with Crippen molar-refractivity contribution in [1.82, 2.24) is 0 Å². The van der Waals surface area contributed by atoms with Gasteiger partial charge in [0, 0.05) is 10.6 Å². The van der Waals surface area contributed by atoms with E-state index in [9.17, 15) is 13.2 Å². The van der Waals surface area contributed by atoms with Crippen molar-refractivity contribution in [2.24, 2.45) is 10.7 Å². The second-order valence-electron chi connectivity index (χ2n) is 4.05. The maximum absolute atomic E-state index is 12.6. The minimum Gasteiger partial charge on any atom is -0.383 e. The molecule has 2 N–H and O–H groups in total. The molecular weight excluding hydrogens is 289 g/mol. The fraction of sp³-hybridized carbons (Fsp3) is 0.0714. The van der Waals surface area contributed by atoms with E-state index in [0.29, 0.717) is 10.7 Å². The van der Waals surface area contributed by atoms with Crippen LogP contribution in [0.25, 0.3) is 0 Å². The van der Waals surface area contributed by atoms with Gasteiger partial charge in [0.15, 0.2) is 0 Å². The summed E-state index contributed by atoms with van der Waals surface area (Å²) in [6, 6.07) is 11.2. The smallest absolute Gasteiger partial charge is 0.383 e.